The lowest BCUT2D eigenvalue weighted by Crippen LogP contribution is -2.39. The smallest absolute Gasteiger partial charge is 0.258 e. The molecule has 0 heterocycles. The van der Waals surface area contributed by atoms with E-state index in [0.717, 1.165) is 12.1 Å². The number of azo groups is 1. The van der Waals surface area contributed by atoms with Crippen LogP contribution in [0, 0.1) is 10.1 Å². The quantitative estimate of drug-likeness (QED) is 0.161. The third-order valence-electron chi connectivity index (χ3n) is 4.12. The number of sulfone groups is 2. The molecule has 0 radical (unpaired) electrons. The zero-order chi connectivity index (χ0) is 22.7. The van der Waals surface area contributed by atoms with Crippen molar-refractivity contribution in [1.29, 1.82) is 0 Å². The van der Waals surface area contributed by atoms with E-state index in [2.05, 4.69) is 10.2 Å². The summed E-state index contributed by atoms with van der Waals surface area (Å²) in [4.78, 5) is 9.41. The number of hydrogen-bond donors (Lipinski definition) is 0. The van der Waals surface area contributed by atoms with Crippen LogP contribution in [-0.2, 0) is 19.7 Å². The molecule has 160 valence electrons. The number of benzene rings is 3. The molecule has 0 fully saturated rings. The van der Waals surface area contributed by atoms with Crippen molar-refractivity contribution in [3.8, 4) is 0 Å². The van der Waals surface area contributed by atoms with E-state index in [9.17, 15) is 26.9 Å². The summed E-state index contributed by atoms with van der Waals surface area (Å²) in [6.45, 7) is 0. The highest BCUT2D eigenvalue weighted by molar-refractivity contribution is 8.12. The van der Waals surface area contributed by atoms with Gasteiger partial charge in [-0.15, -0.1) is 5.11 Å². The van der Waals surface area contributed by atoms with E-state index in [1.54, 1.807) is 12.1 Å². The van der Waals surface area contributed by atoms with Crippen LogP contribution in [0.2, 0.25) is 0 Å². The standard InChI is InChI=1S/C19H14ClN3O6S2/c20-19(30(26,27)17-7-3-1-4-8-17,31(28,29)18-9-5-2-6-10-18)22-21-15-11-13-16(14-12-15)23(24)25/h1-14H. The highest BCUT2D eigenvalue weighted by Crippen LogP contribution is 2.41. The fraction of sp³-hybridized carbons (Fsp3) is 0.0526. The summed E-state index contributed by atoms with van der Waals surface area (Å²) < 4.78 is 49.9. The van der Waals surface area contributed by atoms with Gasteiger partial charge in [0.25, 0.3) is 5.69 Å². The van der Waals surface area contributed by atoms with Crippen LogP contribution in [0.15, 0.2) is 105 Å². The maximum atomic E-state index is 13.3. The molecule has 0 aliphatic rings. The number of nitro groups is 1. The van der Waals surface area contributed by atoms with Crippen LogP contribution in [0.3, 0.4) is 0 Å². The van der Waals surface area contributed by atoms with Gasteiger partial charge in [-0.1, -0.05) is 48.0 Å². The molecule has 12 heteroatoms. The zero-order valence-corrected chi connectivity index (χ0v) is 18.0. The SMILES string of the molecule is O=[N+]([O-])c1ccc(N=NC(Cl)(S(=O)(=O)c2ccccc2)S(=O)(=O)c2ccccc2)cc1. The van der Waals surface area contributed by atoms with E-state index in [-0.39, 0.29) is 21.2 Å². The number of nitro benzene ring substituents is 1. The molecule has 0 N–H and O–H groups in total. The van der Waals surface area contributed by atoms with Gasteiger partial charge >= 0.3 is 3.66 Å². The predicted molar refractivity (Wildman–Crippen MR) is 113 cm³/mol. The van der Waals surface area contributed by atoms with E-state index in [1.807, 2.05) is 0 Å². The fourth-order valence-electron chi connectivity index (χ4n) is 2.50. The van der Waals surface area contributed by atoms with Gasteiger partial charge in [0.15, 0.2) is 0 Å². The lowest BCUT2D eigenvalue weighted by atomic mass is 10.3. The second-order valence-electron chi connectivity index (χ2n) is 6.11. The molecule has 0 aliphatic carbocycles. The minimum absolute atomic E-state index is 0.0258. The van der Waals surface area contributed by atoms with Crippen LogP contribution in [0.1, 0.15) is 0 Å². The van der Waals surface area contributed by atoms with Crippen LogP contribution >= 0.6 is 11.6 Å². The fourth-order valence-corrected chi connectivity index (χ4v) is 6.71. The zero-order valence-electron chi connectivity index (χ0n) is 15.6. The van der Waals surface area contributed by atoms with E-state index >= 15 is 0 Å². The molecule has 0 aromatic heterocycles. The average molecular weight is 480 g/mol. The number of non-ortho nitro benzene ring substituents is 1. The van der Waals surface area contributed by atoms with Crippen molar-refractivity contribution in [1.82, 2.24) is 0 Å². The maximum Gasteiger partial charge on any atom is 0.362 e. The molecule has 0 saturated carbocycles. The van der Waals surface area contributed by atoms with Gasteiger partial charge in [0.05, 0.1) is 20.4 Å². The lowest BCUT2D eigenvalue weighted by Gasteiger charge is -2.22. The minimum Gasteiger partial charge on any atom is -0.258 e. The summed E-state index contributed by atoms with van der Waals surface area (Å²) in [6.07, 6.45) is 0. The van der Waals surface area contributed by atoms with Crippen molar-refractivity contribution < 1.29 is 21.8 Å². The number of rotatable bonds is 7. The molecule has 0 atom stereocenters. The molecule has 0 aliphatic heterocycles. The van der Waals surface area contributed by atoms with Crippen LogP contribution in [0.5, 0.6) is 0 Å². The number of halogens is 1. The van der Waals surface area contributed by atoms with E-state index in [1.165, 1.54) is 60.7 Å². The molecule has 3 rings (SSSR count). The summed E-state index contributed by atoms with van der Waals surface area (Å²) >= 11 is 6.28. The summed E-state index contributed by atoms with van der Waals surface area (Å²) in [7, 11) is -9.58. The molecular weight excluding hydrogens is 466 g/mol. The largest absolute Gasteiger partial charge is 0.362 e. The van der Waals surface area contributed by atoms with Gasteiger partial charge in [0.1, 0.15) is 0 Å². The molecule has 3 aromatic carbocycles. The Balaban J connectivity index is 2.18. The monoisotopic (exact) mass is 479 g/mol. The topological polar surface area (TPSA) is 136 Å². The molecule has 0 spiro atoms. The van der Waals surface area contributed by atoms with Gasteiger partial charge in [-0.3, -0.25) is 10.1 Å². The summed E-state index contributed by atoms with van der Waals surface area (Å²) in [5, 5.41) is 18.0. The van der Waals surface area contributed by atoms with Crippen molar-refractivity contribution >= 4 is 42.7 Å². The normalized spacial score (nSPS) is 12.7. The third kappa shape index (κ3) is 4.20. The van der Waals surface area contributed by atoms with Crippen LogP contribution in [0.25, 0.3) is 0 Å². The number of alkyl halides is 1. The van der Waals surface area contributed by atoms with Crippen LogP contribution < -0.4 is 0 Å². The molecule has 0 unspecified atom stereocenters. The Morgan fingerprint density at radius 2 is 1.16 bits per heavy atom. The number of hydrogen-bond acceptors (Lipinski definition) is 8. The van der Waals surface area contributed by atoms with Gasteiger partial charge in [0.2, 0.25) is 19.7 Å². The van der Waals surface area contributed by atoms with Crippen molar-refractivity contribution in [2.45, 2.75) is 13.5 Å². The first-order valence-electron chi connectivity index (χ1n) is 8.55. The van der Waals surface area contributed by atoms with Crippen LogP contribution in [0.4, 0.5) is 11.4 Å². The molecule has 3 aromatic rings. The average Bonchev–Trinajstić information content (AvgIpc) is 2.78. The third-order valence-corrected chi connectivity index (χ3v) is 10.0. The molecule has 0 bridgehead atoms. The van der Waals surface area contributed by atoms with Crippen molar-refractivity contribution in [3.63, 3.8) is 0 Å². The van der Waals surface area contributed by atoms with Gasteiger partial charge < -0.3 is 0 Å². The van der Waals surface area contributed by atoms with Gasteiger partial charge in [-0.2, -0.15) is 5.11 Å². The first-order chi connectivity index (χ1) is 14.6. The Bertz CT molecular complexity index is 1260. The highest BCUT2D eigenvalue weighted by atomic mass is 35.5. The number of nitrogens with zero attached hydrogens (tertiary/aromatic N) is 3. The van der Waals surface area contributed by atoms with Gasteiger partial charge in [0, 0.05) is 12.1 Å². The Kier molecular flexibility index (Phi) is 6.20. The Labute approximate surface area is 183 Å². The minimum atomic E-state index is -4.79. The molecule has 0 amide bonds. The molecule has 0 saturated heterocycles. The van der Waals surface area contributed by atoms with Crippen LogP contribution in [-0.4, -0.2) is 25.4 Å². The predicted octanol–water partition coefficient (Wildman–Crippen LogP) is 4.48. The maximum absolute atomic E-state index is 13.3. The Morgan fingerprint density at radius 3 is 1.55 bits per heavy atom. The second kappa shape index (κ2) is 8.53. The first-order valence-corrected chi connectivity index (χ1v) is 11.9. The van der Waals surface area contributed by atoms with Crippen molar-refractivity contribution in [2.75, 3.05) is 0 Å². The molecule has 9 nitrogen and oxygen atoms in total. The van der Waals surface area contributed by atoms with E-state index in [4.69, 9.17) is 11.6 Å². The Hall–Kier alpha value is -3.15. The molecule has 31 heavy (non-hydrogen) atoms. The summed E-state index contributed by atoms with van der Waals surface area (Å²) in [5.41, 5.74) is -0.257. The van der Waals surface area contributed by atoms with E-state index in [0.29, 0.717) is 0 Å². The summed E-state index contributed by atoms with van der Waals surface area (Å²) in [6, 6.07) is 18.1. The van der Waals surface area contributed by atoms with Crippen molar-refractivity contribution in [2.24, 2.45) is 10.2 Å². The van der Waals surface area contributed by atoms with Gasteiger partial charge in [-0.25, -0.2) is 16.8 Å². The summed E-state index contributed by atoms with van der Waals surface area (Å²) in [5.74, 6) is 0. The molecular formula is C19H14ClN3O6S2. The van der Waals surface area contributed by atoms with E-state index < -0.39 is 28.3 Å². The second-order valence-corrected chi connectivity index (χ2v) is 11.5. The highest BCUT2D eigenvalue weighted by Gasteiger charge is 2.56. The lowest BCUT2D eigenvalue weighted by molar-refractivity contribution is -0.384. The van der Waals surface area contributed by atoms with Crippen molar-refractivity contribution in [3.05, 3.63) is 95.0 Å². The first kappa shape index (κ1) is 22.5. The Morgan fingerprint density at radius 1 is 0.742 bits per heavy atom. The van der Waals surface area contributed by atoms with Gasteiger partial charge in [-0.05, 0) is 36.4 Å².